The van der Waals surface area contributed by atoms with Gasteiger partial charge in [0.15, 0.2) is 6.29 Å². The van der Waals surface area contributed by atoms with Gasteiger partial charge in [-0.25, -0.2) is 0 Å². The molecule has 0 radical (unpaired) electrons. The van der Waals surface area contributed by atoms with Crippen molar-refractivity contribution >= 4 is 5.97 Å². The van der Waals surface area contributed by atoms with Crippen LogP contribution in [0.2, 0.25) is 0 Å². The van der Waals surface area contributed by atoms with E-state index in [0.29, 0.717) is 23.5 Å². The molecule has 1 aromatic rings. The van der Waals surface area contributed by atoms with Crippen molar-refractivity contribution in [3.8, 4) is 5.75 Å². The largest absolute Gasteiger partial charge is 1.00 e. The molecule has 4 aliphatic rings. The number of phenolic OH excluding ortho intramolecular Hbond substituents is 1. The number of rotatable bonds is 3. The Hall–Kier alpha value is -0.710. The van der Waals surface area contributed by atoms with Gasteiger partial charge in [-0.2, -0.15) is 0 Å². The van der Waals surface area contributed by atoms with E-state index in [-0.39, 0.29) is 41.1 Å². The SMILES string of the molecule is C[C@]12CC[C@@H]3c4ccc(O)cc4CC[C@H]3[C@@H]1CC[C@H]2O[C@@H]1O[C@H](C(=O)[O-])[C@@H](O)[C@H](O)[C@H]1O.[Na+]. The van der Waals surface area contributed by atoms with Gasteiger partial charge in [-0.05, 0) is 85.0 Å². The number of aliphatic carboxylic acids is 1. The number of carboxylic acids is 1. The van der Waals surface area contributed by atoms with Crippen LogP contribution in [0, 0.1) is 17.3 Å². The Morgan fingerprint density at radius 3 is 2.61 bits per heavy atom. The topological polar surface area (TPSA) is 140 Å². The van der Waals surface area contributed by atoms with E-state index in [1.54, 1.807) is 6.07 Å². The summed E-state index contributed by atoms with van der Waals surface area (Å²) in [5.41, 5.74) is 2.42. The van der Waals surface area contributed by atoms with Crippen LogP contribution in [0.1, 0.15) is 56.1 Å². The van der Waals surface area contributed by atoms with E-state index in [1.807, 2.05) is 6.07 Å². The minimum Gasteiger partial charge on any atom is -0.547 e. The molecular formula is C24H31NaO8. The van der Waals surface area contributed by atoms with Crippen LogP contribution in [-0.4, -0.2) is 63.2 Å². The maximum Gasteiger partial charge on any atom is 1.00 e. The molecule has 9 heteroatoms. The summed E-state index contributed by atoms with van der Waals surface area (Å²) >= 11 is 0. The van der Waals surface area contributed by atoms with Crippen LogP contribution in [0.15, 0.2) is 18.2 Å². The number of carboxylic acid groups (broad SMARTS) is 1. The molecule has 4 N–H and O–H groups in total. The number of ether oxygens (including phenoxy) is 2. The van der Waals surface area contributed by atoms with Crippen LogP contribution in [-0.2, 0) is 20.7 Å². The zero-order valence-corrected chi connectivity index (χ0v) is 21.1. The van der Waals surface area contributed by atoms with Crippen LogP contribution in [0.5, 0.6) is 5.75 Å². The summed E-state index contributed by atoms with van der Waals surface area (Å²) in [6.45, 7) is 2.20. The average Bonchev–Trinajstić information content (AvgIpc) is 3.09. The first kappa shape index (κ1) is 25.4. The Balaban J connectivity index is 0.00000259. The molecule has 176 valence electrons. The van der Waals surface area contributed by atoms with E-state index in [0.717, 1.165) is 38.5 Å². The summed E-state index contributed by atoms with van der Waals surface area (Å²) in [5.74, 6) is 0.0267. The average molecular weight is 470 g/mol. The second kappa shape index (κ2) is 9.39. The normalized spacial score (nSPS) is 44.2. The summed E-state index contributed by atoms with van der Waals surface area (Å²) < 4.78 is 11.5. The molecule has 0 unspecified atom stereocenters. The number of aliphatic hydroxyl groups excluding tert-OH is 3. The van der Waals surface area contributed by atoms with Gasteiger partial charge in [0.05, 0.1) is 12.1 Å². The molecule has 0 bridgehead atoms. The van der Waals surface area contributed by atoms with Gasteiger partial charge in [-0.3, -0.25) is 0 Å². The summed E-state index contributed by atoms with van der Waals surface area (Å²) in [6.07, 6.45) is -2.75. The number of aryl methyl sites for hydroxylation is 1. The molecule has 1 aliphatic heterocycles. The molecule has 0 spiro atoms. The third kappa shape index (κ3) is 4.16. The molecule has 0 amide bonds. The van der Waals surface area contributed by atoms with Gasteiger partial charge < -0.3 is 39.8 Å². The number of phenols is 1. The van der Waals surface area contributed by atoms with Gasteiger partial charge in [0.1, 0.15) is 30.2 Å². The van der Waals surface area contributed by atoms with Gasteiger partial charge in [-0.15, -0.1) is 0 Å². The van der Waals surface area contributed by atoms with Crippen LogP contribution in [0.3, 0.4) is 0 Å². The minimum atomic E-state index is -1.78. The van der Waals surface area contributed by atoms with Crippen molar-refractivity contribution in [3.05, 3.63) is 29.3 Å². The first-order valence-electron chi connectivity index (χ1n) is 11.6. The van der Waals surface area contributed by atoms with E-state index < -0.39 is 36.7 Å². The Morgan fingerprint density at radius 1 is 1.12 bits per heavy atom. The molecule has 5 rings (SSSR count). The minimum absolute atomic E-state index is 0. The van der Waals surface area contributed by atoms with Crippen molar-refractivity contribution in [2.24, 2.45) is 17.3 Å². The van der Waals surface area contributed by atoms with Gasteiger partial charge in [-0.1, -0.05) is 13.0 Å². The van der Waals surface area contributed by atoms with Crippen molar-refractivity contribution in [1.82, 2.24) is 0 Å². The van der Waals surface area contributed by atoms with Gasteiger partial charge in [0.2, 0.25) is 0 Å². The first-order valence-corrected chi connectivity index (χ1v) is 11.6. The molecule has 1 aromatic carbocycles. The zero-order chi connectivity index (χ0) is 22.8. The number of carbonyl (C=O) groups excluding carboxylic acids is 1. The predicted molar refractivity (Wildman–Crippen MR) is 109 cm³/mol. The van der Waals surface area contributed by atoms with Crippen molar-refractivity contribution in [2.75, 3.05) is 0 Å². The van der Waals surface area contributed by atoms with Crippen molar-refractivity contribution in [3.63, 3.8) is 0 Å². The maximum atomic E-state index is 11.3. The van der Waals surface area contributed by atoms with Crippen LogP contribution in [0.4, 0.5) is 0 Å². The smallest absolute Gasteiger partial charge is 0.547 e. The molecule has 0 aromatic heterocycles. The van der Waals surface area contributed by atoms with Crippen molar-refractivity contribution in [1.29, 1.82) is 0 Å². The van der Waals surface area contributed by atoms with E-state index in [4.69, 9.17) is 9.47 Å². The number of hydrogen-bond donors (Lipinski definition) is 4. The summed E-state index contributed by atoms with van der Waals surface area (Å²) in [6, 6.07) is 5.71. The maximum absolute atomic E-state index is 11.3. The molecule has 3 aliphatic carbocycles. The van der Waals surface area contributed by atoms with E-state index in [2.05, 4.69) is 13.0 Å². The number of carbonyl (C=O) groups is 1. The zero-order valence-electron chi connectivity index (χ0n) is 19.1. The fourth-order valence-electron chi connectivity index (χ4n) is 7.06. The molecule has 8 nitrogen and oxygen atoms in total. The fourth-order valence-corrected chi connectivity index (χ4v) is 7.06. The van der Waals surface area contributed by atoms with E-state index in [9.17, 15) is 30.3 Å². The fraction of sp³-hybridized carbons (Fsp3) is 0.708. The third-order valence-corrected chi connectivity index (χ3v) is 8.72. The first-order chi connectivity index (χ1) is 15.2. The summed E-state index contributed by atoms with van der Waals surface area (Å²) in [5, 5.41) is 51.5. The number of fused-ring (bicyclic) bond motifs is 5. The van der Waals surface area contributed by atoms with Gasteiger partial charge in [0.25, 0.3) is 0 Å². The predicted octanol–water partition coefficient (Wildman–Crippen LogP) is -2.80. The molecule has 1 heterocycles. The number of benzene rings is 1. The standard InChI is InChI=1S/C24H32O8.Na/c1-24-9-8-14-13-5-3-12(25)10-11(13)2-4-15(14)16(24)6-7-17(24)31-23-20(28)18(26)19(27)21(32-23)22(29)30;/h3,5,10,14-21,23,25-28H,2,4,6-9H2,1H3,(H,29,30);/q;+1/p-1/t14-,15-,16+,17-,18+,19+,20-,21+,23-,24+;/m1./s1. The van der Waals surface area contributed by atoms with Gasteiger partial charge in [0, 0.05) is 0 Å². The summed E-state index contributed by atoms with van der Waals surface area (Å²) in [4.78, 5) is 11.3. The van der Waals surface area contributed by atoms with Crippen LogP contribution < -0.4 is 34.7 Å². The van der Waals surface area contributed by atoms with Crippen molar-refractivity contribution in [2.45, 2.75) is 88.2 Å². The quantitative estimate of drug-likeness (QED) is 0.348. The Labute approximate surface area is 215 Å². The molecule has 1 saturated heterocycles. The Bertz CT molecular complexity index is 895. The number of aliphatic hydroxyl groups is 3. The molecule has 2 saturated carbocycles. The second-order valence-corrected chi connectivity index (χ2v) is 10.3. The number of aromatic hydroxyl groups is 1. The molecule has 10 atom stereocenters. The van der Waals surface area contributed by atoms with Crippen molar-refractivity contribution < 1.29 is 69.4 Å². The monoisotopic (exact) mass is 470 g/mol. The Morgan fingerprint density at radius 2 is 1.88 bits per heavy atom. The summed E-state index contributed by atoms with van der Waals surface area (Å²) in [7, 11) is 0. The molecule has 33 heavy (non-hydrogen) atoms. The molecular weight excluding hydrogens is 439 g/mol. The van der Waals surface area contributed by atoms with E-state index >= 15 is 0 Å². The van der Waals surface area contributed by atoms with Crippen LogP contribution >= 0.6 is 0 Å². The number of hydrogen-bond acceptors (Lipinski definition) is 8. The second-order valence-electron chi connectivity index (χ2n) is 10.3. The Kier molecular flexibility index (Phi) is 7.22. The van der Waals surface area contributed by atoms with E-state index in [1.165, 1.54) is 11.1 Å². The molecule has 3 fully saturated rings. The third-order valence-electron chi connectivity index (χ3n) is 8.72. The van der Waals surface area contributed by atoms with Gasteiger partial charge >= 0.3 is 29.6 Å². The van der Waals surface area contributed by atoms with Crippen LogP contribution in [0.25, 0.3) is 0 Å².